The Balaban J connectivity index is 2.33. The van der Waals surface area contributed by atoms with Gasteiger partial charge in [0.15, 0.2) is 0 Å². The van der Waals surface area contributed by atoms with Crippen LogP contribution in [0.3, 0.4) is 0 Å². The Morgan fingerprint density at radius 2 is 2.00 bits per heavy atom. The van der Waals surface area contributed by atoms with E-state index in [9.17, 15) is 0 Å². The summed E-state index contributed by atoms with van der Waals surface area (Å²) >= 11 is 3.46. The lowest BCUT2D eigenvalue weighted by molar-refractivity contribution is 0.402. The molecule has 0 radical (unpaired) electrons. The SMILES string of the molecule is C/C(=C\CCBr)C1CCCCC1. The van der Waals surface area contributed by atoms with Crippen LogP contribution < -0.4 is 0 Å². The second-order valence-corrected chi connectivity index (χ2v) is 4.55. The average molecular weight is 231 g/mol. The lowest BCUT2D eigenvalue weighted by atomic mass is 9.84. The van der Waals surface area contributed by atoms with Gasteiger partial charge in [0.05, 0.1) is 0 Å². The first-order valence-corrected chi connectivity index (χ1v) is 6.19. The Morgan fingerprint density at radius 1 is 1.33 bits per heavy atom. The van der Waals surface area contributed by atoms with E-state index in [0.29, 0.717) is 0 Å². The van der Waals surface area contributed by atoms with Crippen molar-refractivity contribution in [2.45, 2.75) is 45.4 Å². The predicted octanol–water partition coefficient (Wildman–Crippen LogP) is 4.30. The lowest BCUT2D eigenvalue weighted by Crippen LogP contribution is -2.07. The van der Waals surface area contributed by atoms with Crippen molar-refractivity contribution in [2.75, 3.05) is 5.33 Å². The van der Waals surface area contributed by atoms with Crippen LogP contribution in [0.5, 0.6) is 0 Å². The van der Waals surface area contributed by atoms with E-state index in [1.165, 1.54) is 38.5 Å². The van der Waals surface area contributed by atoms with Crippen LogP contribution in [0.25, 0.3) is 0 Å². The third kappa shape index (κ3) is 3.30. The van der Waals surface area contributed by atoms with Crippen molar-refractivity contribution < 1.29 is 0 Å². The zero-order chi connectivity index (χ0) is 8.81. The fraction of sp³-hybridized carbons (Fsp3) is 0.818. The molecule has 70 valence electrons. The molecule has 0 heterocycles. The molecule has 0 aliphatic heterocycles. The van der Waals surface area contributed by atoms with Gasteiger partial charge in [-0.3, -0.25) is 0 Å². The van der Waals surface area contributed by atoms with Crippen molar-refractivity contribution in [2.24, 2.45) is 5.92 Å². The molecule has 1 fully saturated rings. The van der Waals surface area contributed by atoms with Gasteiger partial charge in [0, 0.05) is 5.33 Å². The molecular weight excluding hydrogens is 212 g/mol. The van der Waals surface area contributed by atoms with E-state index < -0.39 is 0 Å². The van der Waals surface area contributed by atoms with E-state index in [2.05, 4.69) is 28.9 Å². The highest BCUT2D eigenvalue weighted by Crippen LogP contribution is 2.29. The minimum atomic E-state index is 0.915. The predicted molar refractivity (Wildman–Crippen MR) is 58.7 cm³/mol. The molecular formula is C11H19Br. The topological polar surface area (TPSA) is 0 Å². The number of hydrogen-bond acceptors (Lipinski definition) is 0. The molecule has 1 heteroatoms. The molecule has 0 aromatic rings. The monoisotopic (exact) mass is 230 g/mol. The van der Waals surface area contributed by atoms with Crippen LogP contribution in [-0.4, -0.2) is 5.33 Å². The molecule has 0 aromatic carbocycles. The van der Waals surface area contributed by atoms with Gasteiger partial charge in [-0.2, -0.15) is 0 Å². The quantitative estimate of drug-likeness (QED) is 0.501. The summed E-state index contributed by atoms with van der Waals surface area (Å²) in [4.78, 5) is 0. The molecule has 0 aromatic heterocycles. The molecule has 0 nitrogen and oxygen atoms in total. The number of allylic oxidation sites excluding steroid dienone is 2. The van der Waals surface area contributed by atoms with Gasteiger partial charge in [0.2, 0.25) is 0 Å². The Labute approximate surface area is 84.6 Å². The molecule has 0 atom stereocenters. The van der Waals surface area contributed by atoms with Crippen LogP contribution in [0.15, 0.2) is 11.6 Å². The standard InChI is InChI=1S/C11H19Br/c1-10(6-5-9-12)11-7-3-2-4-8-11/h6,11H,2-5,7-9H2,1H3/b10-6+. The molecule has 1 aliphatic rings. The Morgan fingerprint density at radius 3 is 2.58 bits per heavy atom. The van der Waals surface area contributed by atoms with Crippen LogP contribution >= 0.6 is 15.9 Å². The summed E-state index contributed by atoms with van der Waals surface area (Å²) < 4.78 is 0. The molecule has 12 heavy (non-hydrogen) atoms. The maximum absolute atomic E-state index is 3.46. The Kier molecular flexibility index (Phi) is 4.98. The highest BCUT2D eigenvalue weighted by molar-refractivity contribution is 9.09. The highest BCUT2D eigenvalue weighted by atomic mass is 79.9. The summed E-state index contributed by atoms with van der Waals surface area (Å²) in [6.45, 7) is 2.30. The summed E-state index contributed by atoms with van der Waals surface area (Å²) in [6.07, 6.45) is 10.8. The summed E-state index contributed by atoms with van der Waals surface area (Å²) in [5, 5.41) is 1.11. The van der Waals surface area contributed by atoms with E-state index in [4.69, 9.17) is 0 Å². The van der Waals surface area contributed by atoms with E-state index >= 15 is 0 Å². The number of halogens is 1. The molecule has 0 spiro atoms. The molecule has 0 saturated heterocycles. The number of alkyl halides is 1. The fourth-order valence-corrected chi connectivity index (χ4v) is 2.24. The highest BCUT2D eigenvalue weighted by Gasteiger charge is 2.13. The van der Waals surface area contributed by atoms with Gasteiger partial charge in [-0.05, 0) is 32.1 Å². The van der Waals surface area contributed by atoms with Crippen LogP contribution in [-0.2, 0) is 0 Å². The van der Waals surface area contributed by atoms with Crippen molar-refractivity contribution in [1.82, 2.24) is 0 Å². The first-order valence-electron chi connectivity index (χ1n) is 5.07. The summed E-state index contributed by atoms with van der Waals surface area (Å²) in [5.74, 6) is 0.915. The van der Waals surface area contributed by atoms with Crippen LogP contribution in [0.2, 0.25) is 0 Å². The second-order valence-electron chi connectivity index (χ2n) is 3.76. The van der Waals surface area contributed by atoms with Gasteiger partial charge >= 0.3 is 0 Å². The Bertz CT molecular complexity index is 143. The summed E-state index contributed by atoms with van der Waals surface area (Å²) in [6, 6.07) is 0. The van der Waals surface area contributed by atoms with E-state index in [1.54, 1.807) is 5.57 Å². The zero-order valence-electron chi connectivity index (χ0n) is 7.98. The molecule has 1 rings (SSSR count). The molecule has 1 aliphatic carbocycles. The van der Waals surface area contributed by atoms with Crippen LogP contribution in [0.1, 0.15) is 45.4 Å². The van der Waals surface area contributed by atoms with Crippen molar-refractivity contribution in [3.05, 3.63) is 11.6 Å². The van der Waals surface area contributed by atoms with Gasteiger partial charge in [-0.1, -0.05) is 46.8 Å². The first kappa shape index (κ1) is 10.3. The summed E-state index contributed by atoms with van der Waals surface area (Å²) in [7, 11) is 0. The minimum absolute atomic E-state index is 0.915. The lowest BCUT2D eigenvalue weighted by Gasteiger charge is -2.22. The van der Waals surface area contributed by atoms with Gasteiger partial charge in [0.25, 0.3) is 0 Å². The first-order chi connectivity index (χ1) is 5.84. The van der Waals surface area contributed by atoms with E-state index in [-0.39, 0.29) is 0 Å². The van der Waals surface area contributed by atoms with E-state index in [1.807, 2.05) is 0 Å². The number of rotatable bonds is 3. The molecule has 0 unspecified atom stereocenters. The third-order valence-electron chi connectivity index (χ3n) is 2.82. The van der Waals surface area contributed by atoms with Gasteiger partial charge in [-0.15, -0.1) is 0 Å². The smallest absolute Gasteiger partial charge is 0.00660 e. The van der Waals surface area contributed by atoms with Crippen molar-refractivity contribution in [3.63, 3.8) is 0 Å². The molecule has 0 N–H and O–H groups in total. The van der Waals surface area contributed by atoms with Gasteiger partial charge in [-0.25, -0.2) is 0 Å². The Hall–Kier alpha value is 0.220. The zero-order valence-corrected chi connectivity index (χ0v) is 9.57. The fourth-order valence-electron chi connectivity index (χ4n) is 2.01. The summed E-state index contributed by atoms with van der Waals surface area (Å²) in [5.41, 5.74) is 1.63. The van der Waals surface area contributed by atoms with Crippen molar-refractivity contribution in [3.8, 4) is 0 Å². The minimum Gasteiger partial charge on any atom is -0.0925 e. The van der Waals surface area contributed by atoms with Gasteiger partial charge < -0.3 is 0 Å². The molecule has 0 amide bonds. The maximum Gasteiger partial charge on any atom is 0.00660 e. The number of hydrogen-bond donors (Lipinski definition) is 0. The maximum atomic E-state index is 3.46. The molecule has 0 bridgehead atoms. The molecule has 1 saturated carbocycles. The van der Waals surface area contributed by atoms with E-state index in [0.717, 1.165) is 11.2 Å². The third-order valence-corrected chi connectivity index (χ3v) is 3.28. The van der Waals surface area contributed by atoms with Crippen molar-refractivity contribution >= 4 is 15.9 Å². The van der Waals surface area contributed by atoms with Crippen molar-refractivity contribution in [1.29, 1.82) is 0 Å². The largest absolute Gasteiger partial charge is 0.0925 e. The second kappa shape index (κ2) is 5.80. The average Bonchev–Trinajstić information content (AvgIpc) is 2.15. The van der Waals surface area contributed by atoms with Gasteiger partial charge in [0.1, 0.15) is 0 Å². The normalized spacial score (nSPS) is 21.3. The van der Waals surface area contributed by atoms with Crippen LogP contribution in [0, 0.1) is 5.92 Å². The van der Waals surface area contributed by atoms with Crippen LogP contribution in [0.4, 0.5) is 0 Å².